The van der Waals surface area contributed by atoms with Crippen molar-refractivity contribution >= 4 is 0 Å². The zero-order valence-corrected chi connectivity index (χ0v) is 4.30. The van der Waals surface area contributed by atoms with Gasteiger partial charge >= 0.3 is 0 Å². The molecule has 0 bridgehead atoms. The molecular weight excluding hydrogens is 96.0 g/mol. The van der Waals surface area contributed by atoms with Gasteiger partial charge in [-0.3, -0.25) is 0 Å². The second kappa shape index (κ2) is 1.73. The molecule has 0 radical (unpaired) electrons. The van der Waals surface area contributed by atoms with E-state index in [4.69, 9.17) is 4.94 Å². The lowest BCUT2D eigenvalue weighted by molar-refractivity contribution is -1.44. The van der Waals surface area contributed by atoms with E-state index in [1.807, 2.05) is 0 Å². The zero-order chi connectivity index (χ0) is 5.28. The molecule has 0 aromatic carbocycles. The van der Waals surface area contributed by atoms with E-state index in [-0.39, 0.29) is 0 Å². The summed E-state index contributed by atoms with van der Waals surface area (Å²) in [6.45, 7) is 0. The van der Waals surface area contributed by atoms with Gasteiger partial charge in [-0.1, -0.05) is 0 Å². The number of hydroxylamine groups is 1. The van der Waals surface area contributed by atoms with Crippen LogP contribution in [0.5, 0.6) is 0 Å². The van der Waals surface area contributed by atoms with Gasteiger partial charge in [0.15, 0.2) is 0 Å². The first-order valence-corrected chi connectivity index (χ1v) is 2.03. The van der Waals surface area contributed by atoms with Crippen LogP contribution in [0.1, 0.15) is 0 Å². The van der Waals surface area contributed by atoms with Gasteiger partial charge in [0.1, 0.15) is 0 Å². The van der Waals surface area contributed by atoms with Crippen LogP contribution in [0.25, 0.3) is 11.0 Å². The van der Waals surface area contributed by atoms with Crippen LogP contribution >= 0.6 is 0 Å². The Kier molecular flexibility index (Phi) is 1.22. The number of nitrogens with zero attached hydrogens (tertiary/aromatic N) is 2. The van der Waals surface area contributed by atoms with E-state index in [2.05, 4.69) is 11.0 Å². The molecule has 5 nitrogen and oxygen atoms in total. The minimum Gasteiger partial charge on any atom is -0.424 e. The minimum atomic E-state index is 0.484. The summed E-state index contributed by atoms with van der Waals surface area (Å²) in [5.74, 6) is 0. The topological polar surface area (TPSA) is 46.3 Å². The molecule has 5 heteroatoms. The summed E-state index contributed by atoms with van der Waals surface area (Å²) in [7, 11) is 3.43. The van der Waals surface area contributed by atoms with Gasteiger partial charge < -0.3 is 5.43 Å². The Labute approximate surface area is 41.6 Å². The van der Waals surface area contributed by atoms with E-state index in [1.54, 1.807) is 14.1 Å². The van der Waals surface area contributed by atoms with Crippen LogP contribution in [0.15, 0.2) is 0 Å². The number of hydrogen-bond donors (Lipinski definition) is 2. The molecule has 0 aliphatic carbocycles. The Morgan fingerprint density at radius 3 is 2.43 bits per heavy atom. The molecule has 2 atom stereocenters. The van der Waals surface area contributed by atoms with Gasteiger partial charge in [0.05, 0.1) is 7.05 Å². The van der Waals surface area contributed by atoms with Crippen LogP contribution in [0.2, 0.25) is 0 Å². The fraction of sp³-hybridized carbons (Fsp3) is 1.00. The molecule has 0 aromatic rings. The Hall–Kier alpha value is -0.200. The molecule has 7 heavy (non-hydrogen) atoms. The largest absolute Gasteiger partial charge is 0.424 e. The highest BCUT2D eigenvalue weighted by molar-refractivity contribution is 4.38. The summed E-state index contributed by atoms with van der Waals surface area (Å²) in [5.41, 5.74) is 7.44. The summed E-state index contributed by atoms with van der Waals surface area (Å²) in [6, 6.07) is 0. The van der Waals surface area contributed by atoms with E-state index in [0.29, 0.717) is 10.5 Å². The molecule has 0 amide bonds. The van der Waals surface area contributed by atoms with E-state index < -0.39 is 0 Å². The van der Waals surface area contributed by atoms with Gasteiger partial charge in [-0.25, -0.2) is 5.28 Å². The standard InChI is InChI=1S/C2H8N4O/c1-3-6-4-5(2)7-6/h5-6H,1-2H3. The molecular formula is C2H8N4O. The van der Waals surface area contributed by atoms with Crippen molar-refractivity contribution in [2.45, 2.75) is 0 Å². The highest BCUT2D eigenvalue weighted by atomic mass is 17.0. The monoisotopic (exact) mass is 104 g/mol. The summed E-state index contributed by atoms with van der Waals surface area (Å²) >= 11 is 0. The summed E-state index contributed by atoms with van der Waals surface area (Å²) < 4.78 is 0. The van der Waals surface area contributed by atoms with E-state index >= 15 is 0 Å². The van der Waals surface area contributed by atoms with Crippen molar-refractivity contribution in [2.75, 3.05) is 14.1 Å². The maximum absolute atomic E-state index is 4.79. The average molecular weight is 104 g/mol. The molecule has 1 aliphatic rings. The second-order valence-corrected chi connectivity index (χ2v) is 1.24. The zero-order valence-electron chi connectivity index (χ0n) is 4.30. The van der Waals surface area contributed by atoms with Gasteiger partial charge in [-0.05, 0) is 4.94 Å². The summed E-state index contributed by atoms with van der Waals surface area (Å²) in [4.78, 5) is 4.79. The van der Waals surface area contributed by atoms with Crippen LogP contribution in [0, 0.1) is 0 Å². The van der Waals surface area contributed by atoms with E-state index in [0.717, 1.165) is 0 Å². The van der Waals surface area contributed by atoms with Crippen molar-refractivity contribution in [3.8, 4) is 0 Å². The lowest BCUT2D eigenvalue weighted by atomic mass is 11.4. The molecule has 0 aromatic heterocycles. The Morgan fingerprint density at radius 2 is 2.29 bits per heavy atom. The van der Waals surface area contributed by atoms with Crippen LogP contribution in [0.4, 0.5) is 0 Å². The van der Waals surface area contributed by atoms with Crippen LogP contribution in [0.3, 0.4) is 0 Å². The van der Waals surface area contributed by atoms with Gasteiger partial charge in [0.25, 0.3) is 0 Å². The predicted molar refractivity (Wildman–Crippen MR) is 21.6 cm³/mol. The van der Waals surface area contributed by atoms with Crippen molar-refractivity contribution in [1.82, 2.24) is 0 Å². The smallest absolute Gasteiger partial charge is 0.0962 e. The number of rotatable bonds is 1. The van der Waals surface area contributed by atoms with E-state index in [9.17, 15) is 0 Å². The Balaban J connectivity index is 2.06. The number of quaternary nitrogens is 2. The molecule has 1 rings (SSSR count). The fourth-order valence-corrected chi connectivity index (χ4v) is 0.369. The fourth-order valence-electron chi connectivity index (χ4n) is 0.369. The van der Waals surface area contributed by atoms with Crippen molar-refractivity contribution < 1.29 is 15.4 Å². The van der Waals surface area contributed by atoms with Gasteiger partial charge in [-0.2, -0.15) is 10.7 Å². The first-order valence-electron chi connectivity index (χ1n) is 2.03. The molecule has 1 fully saturated rings. The summed E-state index contributed by atoms with van der Waals surface area (Å²) in [6.07, 6.45) is 0. The highest BCUT2D eigenvalue weighted by Crippen LogP contribution is 1.64. The lowest BCUT2D eigenvalue weighted by Crippen LogP contribution is -3.40. The third-order valence-corrected chi connectivity index (χ3v) is 0.683. The van der Waals surface area contributed by atoms with Crippen LogP contribution in [-0.2, 0) is 4.94 Å². The van der Waals surface area contributed by atoms with Crippen LogP contribution in [-0.4, -0.2) is 14.1 Å². The second-order valence-electron chi connectivity index (χ2n) is 1.24. The third kappa shape index (κ3) is 0.872. The molecule has 1 saturated heterocycles. The summed E-state index contributed by atoms with van der Waals surface area (Å²) in [5, 5.41) is 1.18. The van der Waals surface area contributed by atoms with Crippen molar-refractivity contribution in [3.63, 3.8) is 0 Å². The highest BCUT2D eigenvalue weighted by Gasteiger charge is 2.11. The quantitative estimate of drug-likeness (QED) is 0.375. The molecule has 0 saturated carbocycles. The van der Waals surface area contributed by atoms with Crippen molar-refractivity contribution in [1.29, 1.82) is 0 Å². The molecule has 1 aliphatic heterocycles. The van der Waals surface area contributed by atoms with Crippen LogP contribution < -0.4 is 10.5 Å². The molecule has 1 heterocycles. The Morgan fingerprint density at radius 1 is 1.71 bits per heavy atom. The maximum Gasteiger partial charge on any atom is 0.0962 e. The molecule has 2 N–H and O–H groups in total. The normalized spacial score (nSPS) is 40.3. The molecule has 2 unspecified atom stereocenters. The number of hydrogen-bond acceptors (Lipinski definition) is 1. The van der Waals surface area contributed by atoms with Gasteiger partial charge in [0, 0.05) is 0 Å². The SMILES string of the molecule is C[N-][NH+]1[N-][NH+](C)O1. The van der Waals surface area contributed by atoms with Gasteiger partial charge in [0.2, 0.25) is 0 Å². The van der Waals surface area contributed by atoms with Crippen molar-refractivity contribution in [3.05, 3.63) is 11.0 Å². The lowest BCUT2D eigenvalue weighted by Gasteiger charge is -2.44. The Bertz CT molecular complexity index is 60.7. The molecule has 42 valence electrons. The van der Waals surface area contributed by atoms with Crippen molar-refractivity contribution in [2.24, 2.45) is 0 Å². The average Bonchev–Trinajstić information content (AvgIpc) is 1.58. The molecule has 0 spiro atoms. The predicted octanol–water partition coefficient (Wildman–Crippen LogP) is -2.63. The minimum absolute atomic E-state index is 0.484. The third-order valence-electron chi connectivity index (χ3n) is 0.683. The first-order chi connectivity index (χ1) is 3.33. The first kappa shape index (κ1) is 4.95. The van der Waals surface area contributed by atoms with E-state index in [1.165, 1.54) is 0 Å². The maximum atomic E-state index is 4.79. The van der Waals surface area contributed by atoms with Gasteiger partial charge in [-0.15, -0.1) is 7.05 Å². The number of nitrogens with one attached hydrogen (secondary N) is 2.